The topological polar surface area (TPSA) is 90.2 Å². The van der Waals surface area contributed by atoms with Crippen LogP contribution in [0.5, 0.6) is 0 Å². The van der Waals surface area contributed by atoms with Crippen molar-refractivity contribution in [2.24, 2.45) is 0 Å². The monoisotopic (exact) mass is 873 g/mol. The molecule has 68 heavy (non-hydrogen) atoms. The Bertz CT molecular complexity index is 3500. The predicted octanol–water partition coefficient (Wildman–Crippen LogP) is 14.7. The van der Waals surface area contributed by atoms with Crippen LogP contribution in [0.3, 0.4) is 0 Å². The number of pyridine rings is 1. The van der Waals surface area contributed by atoms with E-state index in [-0.39, 0.29) is 0 Å². The second kappa shape index (κ2) is 18.4. The van der Waals surface area contributed by atoms with Crippen molar-refractivity contribution in [2.45, 2.75) is 13.8 Å². The summed E-state index contributed by atoms with van der Waals surface area (Å²) in [6, 6.07) is 76.8. The van der Waals surface area contributed by atoms with Crippen LogP contribution in [-0.2, 0) is 0 Å². The molecule has 322 valence electrons. The fourth-order valence-corrected chi connectivity index (χ4v) is 8.64. The van der Waals surface area contributed by atoms with E-state index in [0.29, 0.717) is 34.9 Å². The third-order valence-corrected chi connectivity index (χ3v) is 12.1. The molecule has 11 aromatic rings. The molecule has 8 aromatic carbocycles. The smallest absolute Gasteiger partial charge is 0.164 e. The maximum atomic E-state index is 5.15. The standard InChI is InChI=1S/C61H43N7/c1-40-30-36-51(41(2)62-40)49-35-37-53(52-28-15-16-29-54(52)61-67-57(45-22-11-5-12-23-45)64-58(68-61)46-24-13-6-14-25-46)55(39-49)43-31-33-47(34-32-43)59-63-56(44-20-9-4-10-21-44)65-60(66-59)50-27-17-26-48(38-50)42-18-7-3-8-19-42/h3-39H,1-2H3. The highest BCUT2D eigenvalue weighted by Crippen LogP contribution is 2.41. The molecule has 0 radical (unpaired) electrons. The summed E-state index contributed by atoms with van der Waals surface area (Å²) in [7, 11) is 0. The molecule has 0 unspecified atom stereocenters. The molecular weight excluding hydrogens is 831 g/mol. The minimum absolute atomic E-state index is 0.587. The summed E-state index contributed by atoms with van der Waals surface area (Å²) in [6.45, 7) is 4.09. The normalized spacial score (nSPS) is 11.1. The van der Waals surface area contributed by atoms with Crippen molar-refractivity contribution in [1.29, 1.82) is 0 Å². The lowest BCUT2D eigenvalue weighted by Gasteiger charge is -2.17. The van der Waals surface area contributed by atoms with E-state index < -0.39 is 0 Å². The number of aryl methyl sites for hydroxylation is 2. The minimum Gasteiger partial charge on any atom is -0.258 e. The van der Waals surface area contributed by atoms with Crippen molar-refractivity contribution in [3.8, 4) is 113 Å². The third-order valence-electron chi connectivity index (χ3n) is 12.1. The maximum absolute atomic E-state index is 5.15. The molecule has 0 aliphatic heterocycles. The number of hydrogen-bond acceptors (Lipinski definition) is 7. The van der Waals surface area contributed by atoms with Crippen LogP contribution in [-0.4, -0.2) is 34.9 Å². The van der Waals surface area contributed by atoms with Gasteiger partial charge in [0.15, 0.2) is 34.9 Å². The first-order chi connectivity index (χ1) is 33.5. The van der Waals surface area contributed by atoms with E-state index in [9.17, 15) is 0 Å². The summed E-state index contributed by atoms with van der Waals surface area (Å²) >= 11 is 0. The molecule has 0 spiro atoms. The van der Waals surface area contributed by atoms with Crippen LogP contribution in [0.25, 0.3) is 113 Å². The zero-order valence-electron chi connectivity index (χ0n) is 37.5. The second-order valence-electron chi connectivity index (χ2n) is 16.6. The van der Waals surface area contributed by atoms with E-state index in [1.165, 1.54) is 0 Å². The summed E-state index contributed by atoms with van der Waals surface area (Å²) in [5, 5.41) is 0. The first kappa shape index (κ1) is 41.6. The molecule has 0 fully saturated rings. The van der Waals surface area contributed by atoms with Gasteiger partial charge in [-0.05, 0) is 71.0 Å². The Balaban J connectivity index is 1.05. The highest BCUT2D eigenvalue weighted by Gasteiger charge is 2.20. The van der Waals surface area contributed by atoms with Crippen LogP contribution >= 0.6 is 0 Å². The van der Waals surface area contributed by atoms with Crippen LogP contribution in [0.4, 0.5) is 0 Å². The zero-order chi connectivity index (χ0) is 45.8. The molecule has 0 saturated heterocycles. The van der Waals surface area contributed by atoms with Gasteiger partial charge in [-0.3, -0.25) is 4.98 Å². The Labute approximate surface area is 395 Å². The molecule has 3 heterocycles. The van der Waals surface area contributed by atoms with Crippen LogP contribution in [0.1, 0.15) is 11.4 Å². The SMILES string of the molecule is Cc1ccc(-c2ccc(-c3ccccc3-c3nc(-c4ccccc4)nc(-c4ccccc4)n3)c(-c3ccc(-c4nc(-c5ccccc5)nc(-c5cccc(-c6ccccc6)c5)n4)cc3)c2)c(C)n1. The number of nitrogens with zero attached hydrogens (tertiary/aromatic N) is 7. The van der Waals surface area contributed by atoms with Crippen LogP contribution < -0.4 is 0 Å². The zero-order valence-corrected chi connectivity index (χ0v) is 37.5. The van der Waals surface area contributed by atoms with E-state index in [0.717, 1.165) is 89.3 Å². The molecule has 3 aromatic heterocycles. The number of rotatable bonds is 10. The summed E-state index contributed by atoms with van der Waals surface area (Å²) < 4.78 is 0. The Hall–Kier alpha value is -9.07. The van der Waals surface area contributed by atoms with Crippen molar-refractivity contribution in [3.63, 3.8) is 0 Å². The van der Waals surface area contributed by atoms with E-state index in [1.54, 1.807) is 0 Å². The fraction of sp³-hybridized carbons (Fsp3) is 0.0328. The summed E-state index contributed by atoms with van der Waals surface area (Å²) in [5.41, 5.74) is 15.8. The highest BCUT2D eigenvalue weighted by atomic mass is 15.0. The van der Waals surface area contributed by atoms with Gasteiger partial charge in [-0.1, -0.05) is 206 Å². The minimum atomic E-state index is 0.587. The molecule has 0 N–H and O–H groups in total. The molecular formula is C61H43N7. The highest BCUT2D eigenvalue weighted by molar-refractivity contribution is 5.93. The average molecular weight is 874 g/mol. The van der Waals surface area contributed by atoms with Gasteiger partial charge in [0.2, 0.25) is 0 Å². The maximum Gasteiger partial charge on any atom is 0.164 e. The van der Waals surface area contributed by atoms with E-state index in [4.69, 9.17) is 34.9 Å². The van der Waals surface area contributed by atoms with Gasteiger partial charge in [0.1, 0.15) is 0 Å². The quantitative estimate of drug-likeness (QED) is 0.135. The van der Waals surface area contributed by atoms with Crippen LogP contribution in [0.2, 0.25) is 0 Å². The van der Waals surface area contributed by atoms with Gasteiger partial charge in [-0.2, -0.15) is 0 Å². The number of benzene rings is 8. The number of aromatic nitrogens is 7. The largest absolute Gasteiger partial charge is 0.258 e. The Morgan fingerprint density at radius 1 is 0.206 bits per heavy atom. The van der Waals surface area contributed by atoms with Gasteiger partial charge >= 0.3 is 0 Å². The van der Waals surface area contributed by atoms with Crippen molar-refractivity contribution < 1.29 is 0 Å². The molecule has 0 aliphatic rings. The lowest BCUT2D eigenvalue weighted by atomic mass is 9.88. The summed E-state index contributed by atoms with van der Waals surface area (Å²) in [4.78, 5) is 35.3. The van der Waals surface area contributed by atoms with Crippen molar-refractivity contribution in [3.05, 3.63) is 236 Å². The summed E-state index contributed by atoms with van der Waals surface area (Å²) in [6.07, 6.45) is 0. The van der Waals surface area contributed by atoms with Crippen molar-refractivity contribution in [2.75, 3.05) is 0 Å². The molecule has 0 aliphatic carbocycles. The molecule has 0 atom stereocenters. The Morgan fingerprint density at radius 2 is 0.588 bits per heavy atom. The van der Waals surface area contributed by atoms with E-state index in [1.807, 2.05) is 110 Å². The van der Waals surface area contributed by atoms with E-state index in [2.05, 4.69) is 128 Å². The van der Waals surface area contributed by atoms with E-state index >= 15 is 0 Å². The molecule has 0 amide bonds. The number of hydrogen-bond donors (Lipinski definition) is 0. The molecule has 7 nitrogen and oxygen atoms in total. The lowest BCUT2D eigenvalue weighted by Crippen LogP contribution is -2.01. The Kier molecular flexibility index (Phi) is 11.3. The van der Waals surface area contributed by atoms with Crippen molar-refractivity contribution in [1.82, 2.24) is 34.9 Å². The molecule has 11 rings (SSSR count). The van der Waals surface area contributed by atoms with Crippen LogP contribution in [0.15, 0.2) is 224 Å². The van der Waals surface area contributed by atoms with Gasteiger partial charge in [-0.25, -0.2) is 29.9 Å². The predicted molar refractivity (Wildman–Crippen MR) is 275 cm³/mol. The van der Waals surface area contributed by atoms with Gasteiger partial charge in [0, 0.05) is 50.3 Å². The Morgan fingerprint density at radius 3 is 1.13 bits per heavy atom. The first-order valence-electron chi connectivity index (χ1n) is 22.6. The van der Waals surface area contributed by atoms with Gasteiger partial charge < -0.3 is 0 Å². The van der Waals surface area contributed by atoms with Gasteiger partial charge in [0.25, 0.3) is 0 Å². The fourth-order valence-electron chi connectivity index (χ4n) is 8.64. The van der Waals surface area contributed by atoms with Crippen molar-refractivity contribution >= 4 is 0 Å². The molecule has 0 saturated carbocycles. The second-order valence-corrected chi connectivity index (χ2v) is 16.6. The van der Waals surface area contributed by atoms with Crippen LogP contribution in [0, 0.1) is 13.8 Å². The average Bonchev–Trinajstić information content (AvgIpc) is 3.41. The van der Waals surface area contributed by atoms with Gasteiger partial charge in [0.05, 0.1) is 0 Å². The third kappa shape index (κ3) is 8.60. The molecule has 7 heteroatoms. The first-order valence-corrected chi connectivity index (χ1v) is 22.6. The van der Waals surface area contributed by atoms with Gasteiger partial charge in [-0.15, -0.1) is 0 Å². The molecule has 0 bridgehead atoms. The summed E-state index contributed by atoms with van der Waals surface area (Å²) in [5.74, 6) is 3.61. The lowest BCUT2D eigenvalue weighted by molar-refractivity contribution is 1.07.